The van der Waals surface area contributed by atoms with Gasteiger partial charge in [0.2, 0.25) is 0 Å². The quantitative estimate of drug-likeness (QED) is 0.779. The Morgan fingerprint density at radius 1 is 1.36 bits per heavy atom. The van der Waals surface area contributed by atoms with E-state index in [0.29, 0.717) is 6.04 Å². The number of rotatable bonds is 2. The lowest BCUT2D eigenvalue weighted by Crippen LogP contribution is -2.30. The maximum absolute atomic E-state index is 4.19. The molecule has 1 unspecified atom stereocenters. The summed E-state index contributed by atoms with van der Waals surface area (Å²) in [7, 11) is 2.00. The van der Waals surface area contributed by atoms with E-state index in [1.165, 1.54) is 11.1 Å². The van der Waals surface area contributed by atoms with Crippen LogP contribution in [0.1, 0.15) is 37.9 Å². The number of nitrogens with zero attached hydrogens (tertiary/aromatic N) is 1. The molecule has 0 aliphatic rings. The zero-order valence-corrected chi connectivity index (χ0v) is 9.76. The van der Waals surface area contributed by atoms with E-state index in [-0.39, 0.29) is 5.41 Å². The lowest BCUT2D eigenvalue weighted by atomic mass is 9.82. The molecule has 1 aromatic heterocycles. The van der Waals surface area contributed by atoms with Gasteiger partial charge in [-0.3, -0.25) is 4.98 Å². The summed E-state index contributed by atoms with van der Waals surface area (Å²) in [6.07, 6.45) is 3.80. The van der Waals surface area contributed by atoms with E-state index in [9.17, 15) is 0 Å². The van der Waals surface area contributed by atoms with Gasteiger partial charge in [-0.2, -0.15) is 0 Å². The minimum Gasteiger partial charge on any atom is -0.312 e. The standard InChI is InChI=1S/C12H20N2/c1-9-6-7-14-8-10(9)11(13-5)12(2,3)4/h6-8,11,13H,1-5H3. The lowest BCUT2D eigenvalue weighted by molar-refractivity contribution is 0.285. The molecule has 0 fully saturated rings. The summed E-state index contributed by atoms with van der Waals surface area (Å²) >= 11 is 0. The lowest BCUT2D eigenvalue weighted by Gasteiger charge is -2.31. The molecule has 0 amide bonds. The third kappa shape index (κ3) is 2.32. The SMILES string of the molecule is CNC(c1cnccc1C)C(C)(C)C. The van der Waals surface area contributed by atoms with Gasteiger partial charge < -0.3 is 5.32 Å². The molecule has 0 spiro atoms. The second-order valence-corrected chi connectivity index (χ2v) is 4.82. The monoisotopic (exact) mass is 192 g/mol. The Morgan fingerprint density at radius 3 is 2.43 bits per heavy atom. The number of nitrogens with one attached hydrogen (secondary N) is 1. The molecule has 2 heteroatoms. The van der Waals surface area contributed by atoms with Crippen LogP contribution >= 0.6 is 0 Å². The van der Waals surface area contributed by atoms with Gasteiger partial charge in [-0.15, -0.1) is 0 Å². The fourth-order valence-corrected chi connectivity index (χ4v) is 1.83. The van der Waals surface area contributed by atoms with Crippen LogP contribution in [0.3, 0.4) is 0 Å². The van der Waals surface area contributed by atoms with Crippen molar-refractivity contribution in [3.8, 4) is 0 Å². The van der Waals surface area contributed by atoms with Crippen LogP contribution in [0.25, 0.3) is 0 Å². The highest BCUT2D eigenvalue weighted by molar-refractivity contribution is 5.26. The smallest absolute Gasteiger partial charge is 0.0384 e. The van der Waals surface area contributed by atoms with E-state index in [1.807, 2.05) is 19.4 Å². The van der Waals surface area contributed by atoms with Crippen molar-refractivity contribution in [2.45, 2.75) is 33.7 Å². The van der Waals surface area contributed by atoms with E-state index >= 15 is 0 Å². The second kappa shape index (κ2) is 4.09. The second-order valence-electron chi connectivity index (χ2n) is 4.82. The molecule has 0 aliphatic carbocycles. The highest BCUT2D eigenvalue weighted by atomic mass is 14.9. The van der Waals surface area contributed by atoms with Gasteiger partial charge in [0.1, 0.15) is 0 Å². The van der Waals surface area contributed by atoms with Gasteiger partial charge in [0.05, 0.1) is 0 Å². The minimum atomic E-state index is 0.211. The van der Waals surface area contributed by atoms with Crippen molar-refractivity contribution in [2.75, 3.05) is 7.05 Å². The first-order valence-electron chi connectivity index (χ1n) is 5.04. The third-order valence-electron chi connectivity index (χ3n) is 2.55. The Morgan fingerprint density at radius 2 is 2.00 bits per heavy atom. The van der Waals surface area contributed by atoms with Gasteiger partial charge in [0.25, 0.3) is 0 Å². The number of aromatic nitrogens is 1. The molecular weight excluding hydrogens is 172 g/mol. The number of aryl methyl sites for hydroxylation is 1. The average Bonchev–Trinajstić information content (AvgIpc) is 2.07. The fourth-order valence-electron chi connectivity index (χ4n) is 1.83. The first-order chi connectivity index (χ1) is 6.46. The van der Waals surface area contributed by atoms with Crippen LogP contribution in [0.4, 0.5) is 0 Å². The minimum absolute atomic E-state index is 0.211. The molecule has 1 aromatic rings. The molecule has 0 radical (unpaired) electrons. The summed E-state index contributed by atoms with van der Waals surface area (Å²) in [5, 5.41) is 3.36. The summed E-state index contributed by atoms with van der Waals surface area (Å²) in [4.78, 5) is 4.19. The van der Waals surface area contributed by atoms with E-state index in [0.717, 1.165) is 0 Å². The predicted molar refractivity (Wildman–Crippen MR) is 60.2 cm³/mol. The Kier molecular flexibility index (Phi) is 3.27. The van der Waals surface area contributed by atoms with E-state index in [1.54, 1.807) is 0 Å². The topological polar surface area (TPSA) is 24.9 Å². The Bertz CT molecular complexity index is 299. The fraction of sp³-hybridized carbons (Fsp3) is 0.583. The molecule has 14 heavy (non-hydrogen) atoms. The normalized spacial score (nSPS) is 14.1. The molecule has 2 nitrogen and oxygen atoms in total. The van der Waals surface area contributed by atoms with Crippen molar-refractivity contribution in [1.82, 2.24) is 10.3 Å². The number of hydrogen-bond acceptors (Lipinski definition) is 2. The molecular formula is C12H20N2. The molecule has 1 heterocycles. The predicted octanol–water partition coefficient (Wildman–Crippen LogP) is 2.70. The molecule has 0 aromatic carbocycles. The summed E-state index contributed by atoms with van der Waals surface area (Å²) in [5.74, 6) is 0. The van der Waals surface area contributed by atoms with Crippen molar-refractivity contribution in [3.63, 3.8) is 0 Å². The average molecular weight is 192 g/mol. The Labute approximate surface area is 86.8 Å². The van der Waals surface area contributed by atoms with Crippen molar-refractivity contribution < 1.29 is 0 Å². The van der Waals surface area contributed by atoms with Crippen LogP contribution in [-0.4, -0.2) is 12.0 Å². The molecule has 1 atom stereocenters. The van der Waals surface area contributed by atoms with Crippen molar-refractivity contribution in [3.05, 3.63) is 29.6 Å². The van der Waals surface area contributed by atoms with Gasteiger partial charge >= 0.3 is 0 Å². The van der Waals surface area contributed by atoms with Crippen molar-refractivity contribution in [1.29, 1.82) is 0 Å². The summed E-state index contributed by atoms with van der Waals surface area (Å²) in [6, 6.07) is 2.42. The maximum atomic E-state index is 4.19. The van der Waals surface area contributed by atoms with E-state index < -0.39 is 0 Å². The largest absolute Gasteiger partial charge is 0.312 e. The third-order valence-corrected chi connectivity index (χ3v) is 2.55. The van der Waals surface area contributed by atoms with Crippen LogP contribution in [0.2, 0.25) is 0 Å². The number of hydrogen-bond donors (Lipinski definition) is 1. The maximum Gasteiger partial charge on any atom is 0.0384 e. The molecule has 0 bridgehead atoms. The Balaban J connectivity index is 3.08. The molecule has 0 aliphatic heterocycles. The summed E-state index contributed by atoms with van der Waals surface area (Å²) < 4.78 is 0. The van der Waals surface area contributed by atoms with E-state index in [2.05, 4.69) is 44.1 Å². The number of pyridine rings is 1. The van der Waals surface area contributed by atoms with Gasteiger partial charge in [-0.05, 0) is 36.6 Å². The van der Waals surface area contributed by atoms with Crippen LogP contribution in [0, 0.1) is 12.3 Å². The van der Waals surface area contributed by atoms with E-state index in [4.69, 9.17) is 0 Å². The van der Waals surface area contributed by atoms with Crippen LogP contribution in [0.5, 0.6) is 0 Å². The zero-order valence-electron chi connectivity index (χ0n) is 9.76. The molecule has 78 valence electrons. The van der Waals surface area contributed by atoms with Crippen LogP contribution in [-0.2, 0) is 0 Å². The van der Waals surface area contributed by atoms with Crippen LogP contribution < -0.4 is 5.32 Å². The highest BCUT2D eigenvalue weighted by Gasteiger charge is 2.25. The summed E-state index contributed by atoms with van der Waals surface area (Å²) in [5.41, 5.74) is 2.81. The van der Waals surface area contributed by atoms with Gasteiger partial charge in [0, 0.05) is 18.4 Å². The van der Waals surface area contributed by atoms with Gasteiger partial charge in [-0.25, -0.2) is 0 Å². The van der Waals surface area contributed by atoms with Crippen molar-refractivity contribution >= 4 is 0 Å². The molecule has 1 N–H and O–H groups in total. The summed E-state index contributed by atoms with van der Waals surface area (Å²) in [6.45, 7) is 8.84. The molecule has 0 saturated carbocycles. The van der Waals surface area contributed by atoms with Gasteiger partial charge in [-0.1, -0.05) is 20.8 Å². The van der Waals surface area contributed by atoms with Gasteiger partial charge in [0.15, 0.2) is 0 Å². The Hall–Kier alpha value is -0.890. The van der Waals surface area contributed by atoms with Crippen molar-refractivity contribution in [2.24, 2.45) is 5.41 Å². The first kappa shape index (κ1) is 11.2. The molecule has 1 rings (SSSR count). The zero-order chi connectivity index (χ0) is 10.8. The highest BCUT2D eigenvalue weighted by Crippen LogP contribution is 2.33. The van der Waals surface area contributed by atoms with Crippen LogP contribution in [0.15, 0.2) is 18.5 Å². The first-order valence-corrected chi connectivity index (χ1v) is 5.04. The molecule has 0 saturated heterocycles.